The number of nitrogens with two attached hydrogens (primary N) is 2. The molecule has 0 aliphatic heterocycles. The van der Waals surface area contributed by atoms with Crippen molar-refractivity contribution in [2.24, 2.45) is 11.7 Å². The average molecular weight is 460 g/mol. The van der Waals surface area contributed by atoms with Crippen molar-refractivity contribution in [1.82, 2.24) is 9.69 Å². The molecule has 0 bridgehead atoms. The highest BCUT2D eigenvalue weighted by molar-refractivity contribution is 7.09. The van der Waals surface area contributed by atoms with Crippen LogP contribution in [0.3, 0.4) is 0 Å². The summed E-state index contributed by atoms with van der Waals surface area (Å²) >= 11 is 0.815. The first-order valence-corrected chi connectivity index (χ1v) is 11.6. The predicted molar refractivity (Wildman–Crippen MR) is 129 cm³/mol. The third kappa shape index (κ3) is 5.85. The summed E-state index contributed by atoms with van der Waals surface area (Å²) in [5, 5.41) is 2.97. The van der Waals surface area contributed by atoms with Crippen molar-refractivity contribution in [3.05, 3.63) is 39.9 Å². The minimum atomic E-state index is -0.799. The van der Waals surface area contributed by atoms with Crippen LogP contribution < -0.4 is 21.7 Å². The minimum absolute atomic E-state index is 0.0577. The lowest BCUT2D eigenvalue weighted by Crippen LogP contribution is -2.50. The highest BCUT2D eigenvalue weighted by Gasteiger charge is 2.35. The third-order valence-corrected chi connectivity index (χ3v) is 6.03. The van der Waals surface area contributed by atoms with Crippen molar-refractivity contribution in [2.45, 2.75) is 59.9 Å². The van der Waals surface area contributed by atoms with E-state index in [0.29, 0.717) is 31.0 Å². The highest BCUT2D eigenvalue weighted by Crippen LogP contribution is 2.31. The van der Waals surface area contributed by atoms with Crippen LogP contribution in [0.1, 0.15) is 71.3 Å². The van der Waals surface area contributed by atoms with Crippen LogP contribution in [0, 0.1) is 19.8 Å². The summed E-state index contributed by atoms with van der Waals surface area (Å²) in [6.07, 6.45) is 2.00. The molecular formula is C23H33N5O3S. The van der Waals surface area contributed by atoms with E-state index in [-0.39, 0.29) is 22.2 Å². The van der Waals surface area contributed by atoms with Gasteiger partial charge in [-0.3, -0.25) is 19.3 Å². The van der Waals surface area contributed by atoms with Gasteiger partial charge in [0, 0.05) is 12.2 Å². The molecule has 1 heterocycles. The number of nitrogens with zero attached hydrogens (tertiary/aromatic N) is 2. The lowest BCUT2D eigenvalue weighted by atomic mass is 10.0. The van der Waals surface area contributed by atoms with Crippen LogP contribution in [-0.4, -0.2) is 34.7 Å². The van der Waals surface area contributed by atoms with E-state index >= 15 is 0 Å². The molecule has 0 aliphatic carbocycles. The van der Waals surface area contributed by atoms with Gasteiger partial charge in [0.2, 0.25) is 5.91 Å². The van der Waals surface area contributed by atoms with Gasteiger partial charge >= 0.3 is 0 Å². The molecule has 1 aromatic heterocycles. The fourth-order valence-corrected chi connectivity index (χ4v) is 4.23. The molecule has 0 fully saturated rings. The maximum absolute atomic E-state index is 13.7. The normalized spacial score (nSPS) is 11.9. The Kier molecular flexibility index (Phi) is 8.77. The van der Waals surface area contributed by atoms with Crippen LogP contribution in [0.25, 0.3) is 0 Å². The smallest absolute Gasteiger partial charge is 0.272 e. The van der Waals surface area contributed by atoms with Crippen molar-refractivity contribution in [3.8, 4) is 0 Å². The summed E-state index contributed by atoms with van der Waals surface area (Å²) in [5.74, 6) is -1.05. The molecule has 1 atom stereocenters. The summed E-state index contributed by atoms with van der Waals surface area (Å²) in [6, 6.07) is 4.95. The molecular weight excluding hydrogens is 426 g/mol. The number of aromatic nitrogens is 1. The Bertz CT molecular complexity index is 986. The van der Waals surface area contributed by atoms with Gasteiger partial charge in [-0.1, -0.05) is 44.9 Å². The molecule has 0 radical (unpaired) electrons. The fourth-order valence-electron chi connectivity index (χ4n) is 3.49. The van der Waals surface area contributed by atoms with Gasteiger partial charge in [-0.2, -0.15) is 4.37 Å². The first-order chi connectivity index (χ1) is 15.1. The molecule has 0 aliphatic rings. The van der Waals surface area contributed by atoms with E-state index in [2.05, 4.69) is 23.5 Å². The zero-order valence-corrected chi connectivity index (χ0v) is 20.2. The second-order valence-corrected chi connectivity index (χ2v) is 9.15. The summed E-state index contributed by atoms with van der Waals surface area (Å²) in [6.45, 7) is 10.5. The molecule has 2 aromatic rings. The number of primary amides is 1. The number of hydrogen-bond donors (Lipinski definition) is 3. The van der Waals surface area contributed by atoms with E-state index in [9.17, 15) is 14.4 Å². The molecule has 32 heavy (non-hydrogen) atoms. The molecule has 0 unspecified atom stereocenters. The topological polar surface area (TPSA) is 131 Å². The van der Waals surface area contributed by atoms with E-state index in [1.54, 1.807) is 0 Å². The van der Waals surface area contributed by atoms with Crippen molar-refractivity contribution >= 4 is 40.6 Å². The molecule has 0 spiro atoms. The van der Waals surface area contributed by atoms with Gasteiger partial charge in [0.25, 0.3) is 11.8 Å². The Balaban J connectivity index is 2.54. The summed E-state index contributed by atoms with van der Waals surface area (Å²) in [7, 11) is 0. The lowest BCUT2D eigenvalue weighted by Gasteiger charge is -2.32. The Morgan fingerprint density at radius 2 is 1.88 bits per heavy atom. The minimum Gasteiger partial charge on any atom is -0.395 e. The number of amides is 3. The van der Waals surface area contributed by atoms with Crippen molar-refractivity contribution in [3.63, 3.8) is 0 Å². The van der Waals surface area contributed by atoms with Crippen LogP contribution >= 0.6 is 11.5 Å². The average Bonchev–Trinajstić information content (AvgIpc) is 3.10. The summed E-state index contributed by atoms with van der Waals surface area (Å²) < 4.78 is 3.96. The molecule has 9 heteroatoms. The molecule has 5 N–H and O–H groups in total. The van der Waals surface area contributed by atoms with Crippen LogP contribution in [0.4, 0.5) is 11.4 Å². The molecule has 8 nitrogen and oxygen atoms in total. The quantitative estimate of drug-likeness (QED) is 0.501. The Morgan fingerprint density at radius 3 is 2.41 bits per heavy atom. The lowest BCUT2D eigenvalue weighted by molar-refractivity contribution is -0.122. The second-order valence-electron chi connectivity index (χ2n) is 8.38. The second kappa shape index (κ2) is 11.1. The Labute approximate surface area is 193 Å². The van der Waals surface area contributed by atoms with Gasteiger partial charge in [-0.15, -0.1) is 0 Å². The van der Waals surface area contributed by atoms with Crippen LogP contribution in [0.15, 0.2) is 18.2 Å². The maximum Gasteiger partial charge on any atom is 0.272 e. The van der Waals surface area contributed by atoms with Crippen molar-refractivity contribution in [2.75, 3.05) is 17.2 Å². The molecule has 174 valence electrons. The number of anilines is 2. The Morgan fingerprint density at radius 1 is 1.19 bits per heavy atom. The zero-order chi connectivity index (χ0) is 24.0. The molecule has 1 aromatic carbocycles. The van der Waals surface area contributed by atoms with Crippen LogP contribution in [0.5, 0.6) is 0 Å². The fraction of sp³-hybridized carbons (Fsp3) is 0.478. The molecule has 2 rings (SSSR count). The number of carbonyl (C=O) groups is 3. The van der Waals surface area contributed by atoms with Gasteiger partial charge in [0.05, 0.1) is 5.69 Å². The standard InChI is InChI=1S/C23H33N5O3S/c1-6-7-17(22(30)26-11-10-13(2)3)28(16-9-8-14(4)12-15(16)5)23(31)20-18(24)19(21(25)29)27-32-20/h8-9,12-13,17H,6-7,10-11,24H2,1-5H3,(H2,25,29)(H,26,30)/t17-/m1/s1. The van der Waals surface area contributed by atoms with Gasteiger partial charge in [0.15, 0.2) is 5.69 Å². The third-order valence-electron chi connectivity index (χ3n) is 5.18. The van der Waals surface area contributed by atoms with Gasteiger partial charge in [-0.05, 0) is 55.8 Å². The molecule has 0 saturated heterocycles. The van der Waals surface area contributed by atoms with Crippen molar-refractivity contribution in [1.29, 1.82) is 0 Å². The van der Waals surface area contributed by atoms with Gasteiger partial charge in [-0.25, -0.2) is 0 Å². The summed E-state index contributed by atoms with van der Waals surface area (Å²) in [4.78, 5) is 40.1. The number of nitrogen functional groups attached to an aromatic ring is 1. The largest absolute Gasteiger partial charge is 0.395 e. The van der Waals surface area contributed by atoms with Gasteiger partial charge < -0.3 is 16.8 Å². The Hall–Kier alpha value is -2.94. The van der Waals surface area contributed by atoms with Crippen molar-refractivity contribution < 1.29 is 14.4 Å². The van der Waals surface area contributed by atoms with E-state index in [1.165, 1.54) is 4.90 Å². The number of aryl methyl sites for hydroxylation is 2. The van der Waals surface area contributed by atoms with Crippen LogP contribution in [-0.2, 0) is 4.79 Å². The maximum atomic E-state index is 13.7. The van der Waals surface area contributed by atoms with E-state index in [4.69, 9.17) is 11.5 Å². The zero-order valence-electron chi connectivity index (χ0n) is 19.4. The van der Waals surface area contributed by atoms with Crippen LogP contribution in [0.2, 0.25) is 0 Å². The van der Waals surface area contributed by atoms with E-state index in [0.717, 1.165) is 29.1 Å². The number of hydrogen-bond acceptors (Lipinski definition) is 6. The number of nitrogens with one attached hydrogen (secondary N) is 1. The van der Waals surface area contributed by atoms with Gasteiger partial charge in [0.1, 0.15) is 10.9 Å². The first kappa shape index (κ1) is 25.3. The number of benzene rings is 1. The first-order valence-electron chi connectivity index (χ1n) is 10.8. The number of rotatable bonds is 10. The van der Waals surface area contributed by atoms with E-state index < -0.39 is 17.9 Å². The SMILES string of the molecule is CCC[C@H](C(=O)NCCC(C)C)N(C(=O)c1snc(C(N)=O)c1N)c1ccc(C)cc1C. The molecule has 3 amide bonds. The van der Waals surface area contributed by atoms with E-state index in [1.807, 2.05) is 39.0 Å². The monoisotopic (exact) mass is 459 g/mol. The number of carbonyl (C=O) groups excluding carboxylic acids is 3. The molecule has 0 saturated carbocycles. The summed E-state index contributed by atoms with van der Waals surface area (Å²) in [5.41, 5.74) is 13.7. The highest BCUT2D eigenvalue weighted by atomic mass is 32.1. The predicted octanol–water partition coefficient (Wildman–Crippen LogP) is 3.42.